The topological polar surface area (TPSA) is 37.4 Å². The largest absolute Gasteiger partial charge is 0.406 e. The van der Waals surface area contributed by atoms with E-state index in [-0.39, 0.29) is 11.8 Å². The van der Waals surface area contributed by atoms with Gasteiger partial charge in [0.2, 0.25) is 11.8 Å². The van der Waals surface area contributed by atoms with Gasteiger partial charge in [-0.3, -0.25) is 14.5 Å². The van der Waals surface area contributed by atoms with Crippen LogP contribution in [0.4, 0.5) is 13.2 Å². The molecule has 1 saturated heterocycles. The van der Waals surface area contributed by atoms with Crippen molar-refractivity contribution in [2.24, 2.45) is 23.7 Å². The molecule has 0 aromatic heterocycles. The third kappa shape index (κ3) is 1.42. The summed E-state index contributed by atoms with van der Waals surface area (Å²) in [6, 6.07) is 0. The Morgan fingerprint density at radius 3 is 2.00 bits per heavy atom. The number of nitrogens with zero attached hydrogens (tertiary/aromatic N) is 1. The van der Waals surface area contributed by atoms with Gasteiger partial charge in [0.05, 0.1) is 11.8 Å². The van der Waals surface area contributed by atoms with Crippen molar-refractivity contribution < 1.29 is 22.8 Å². The highest BCUT2D eigenvalue weighted by Gasteiger charge is 2.60. The minimum absolute atomic E-state index is 0.0420. The van der Waals surface area contributed by atoms with Crippen molar-refractivity contribution in [3.63, 3.8) is 0 Å². The first-order chi connectivity index (χ1) is 7.88. The Hall–Kier alpha value is -1.33. The number of rotatable bonds is 1. The summed E-state index contributed by atoms with van der Waals surface area (Å²) in [5, 5.41) is 0. The molecule has 1 heterocycles. The summed E-state index contributed by atoms with van der Waals surface area (Å²) in [7, 11) is 0. The Bertz CT molecular complexity index is 399. The second kappa shape index (κ2) is 3.11. The normalized spacial score (nSPS) is 39.4. The van der Waals surface area contributed by atoms with Gasteiger partial charge in [-0.05, 0) is 18.3 Å². The van der Waals surface area contributed by atoms with Crippen LogP contribution in [-0.4, -0.2) is 29.4 Å². The number of allylic oxidation sites excluding steroid dienone is 2. The highest BCUT2D eigenvalue weighted by atomic mass is 19.4. The Balaban J connectivity index is 1.88. The number of carbonyl (C=O) groups excluding carboxylic acids is 2. The third-order valence-electron chi connectivity index (χ3n) is 3.90. The molecule has 0 aromatic rings. The fraction of sp³-hybridized carbons (Fsp3) is 0.636. The zero-order chi connectivity index (χ0) is 12.4. The number of amides is 2. The van der Waals surface area contributed by atoms with Gasteiger partial charge in [-0.25, -0.2) is 0 Å². The van der Waals surface area contributed by atoms with Gasteiger partial charge in [-0.15, -0.1) is 0 Å². The van der Waals surface area contributed by atoms with Crippen LogP contribution >= 0.6 is 0 Å². The van der Waals surface area contributed by atoms with Crippen LogP contribution in [-0.2, 0) is 9.59 Å². The van der Waals surface area contributed by atoms with Crippen LogP contribution in [0.15, 0.2) is 12.2 Å². The minimum atomic E-state index is -4.52. The summed E-state index contributed by atoms with van der Waals surface area (Å²) in [4.78, 5) is 24.1. The van der Waals surface area contributed by atoms with E-state index < -0.39 is 36.4 Å². The molecule has 0 N–H and O–H groups in total. The molecule has 6 heteroatoms. The summed E-state index contributed by atoms with van der Waals surface area (Å²) < 4.78 is 36.8. The first kappa shape index (κ1) is 10.8. The predicted molar refractivity (Wildman–Crippen MR) is 50.5 cm³/mol. The van der Waals surface area contributed by atoms with Gasteiger partial charge in [0, 0.05) is 0 Å². The quantitative estimate of drug-likeness (QED) is 0.516. The lowest BCUT2D eigenvalue weighted by Crippen LogP contribution is -2.40. The Labute approximate surface area is 95.3 Å². The van der Waals surface area contributed by atoms with Crippen LogP contribution in [0.25, 0.3) is 0 Å². The molecule has 2 aliphatic carbocycles. The number of hydrogen-bond donors (Lipinski definition) is 0. The number of hydrogen-bond acceptors (Lipinski definition) is 2. The number of alkyl halides is 3. The lowest BCUT2D eigenvalue weighted by Gasteiger charge is -2.18. The highest BCUT2D eigenvalue weighted by molar-refractivity contribution is 6.06. The van der Waals surface area contributed by atoms with Gasteiger partial charge in [0.15, 0.2) is 0 Å². The lowest BCUT2D eigenvalue weighted by atomic mass is 9.85. The second-order valence-electron chi connectivity index (χ2n) is 4.88. The van der Waals surface area contributed by atoms with Crippen LogP contribution in [0.2, 0.25) is 0 Å². The van der Waals surface area contributed by atoms with E-state index in [9.17, 15) is 22.8 Å². The van der Waals surface area contributed by atoms with Gasteiger partial charge in [0.25, 0.3) is 0 Å². The molecule has 92 valence electrons. The molecule has 17 heavy (non-hydrogen) atoms. The molecule has 3 aliphatic rings. The van der Waals surface area contributed by atoms with Crippen LogP contribution in [0, 0.1) is 23.7 Å². The zero-order valence-corrected chi connectivity index (χ0v) is 8.78. The van der Waals surface area contributed by atoms with E-state index in [1.54, 1.807) is 0 Å². The van der Waals surface area contributed by atoms with Gasteiger partial charge in [-0.2, -0.15) is 13.2 Å². The van der Waals surface area contributed by atoms with E-state index in [2.05, 4.69) is 0 Å². The molecular formula is C11H10F3NO2. The van der Waals surface area contributed by atoms with Crippen molar-refractivity contribution in [1.29, 1.82) is 0 Å². The lowest BCUT2D eigenvalue weighted by molar-refractivity contribution is -0.167. The van der Waals surface area contributed by atoms with Crippen molar-refractivity contribution >= 4 is 11.8 Å². The number of halogens is 3. The van der Waals surface area contributed by atoms with Gasteiger partial charge in [-0.1, -0.05) is 12.2 Å². The average molecular weight is 245 g/mol. The standard InChI is InChI=1S/C11H10F3NO2/c12-11(13,14)4-15-9(16)7-5-1-2-6(3-5)8(7)10(15)17/h1-2,5-8H,3-4H2/t5-,6-,7-,8+/m0/s1. The molecule has 0 radical (unpaired) electrons. The summed E-state index contributed by atoms with van der Waals surface area (Å²) in [6.07, 6.45) is -0.0781. The van der Waals surface area contributed by atoms with Crippen molar-refractivity contribution in [2.45, 2.75) is 12.6 Å². The minimum Gasteiger partial charge on any atom is -0.274 e. The molecule has 1 aliphatic heterocycles. The number of likely N-dealkylation sites (tertiary alicyclic amines) is 1. The Kier molecular flexibility index (Phi) is 1.98. The molecule has 1 saturated carbocycles. The maximum atomic E-state index is 12.3. The van der Waals surface area contributed by atoms with Crippen LogP contribution in [0.3, 0.4) is 0 Å². The Morgan fingerprint density at radius 2 is 1.59 bits per heavy atom. The van der Waals surface area contributed by atoms with Gasteiger partial charge < -0.3 is 0 Å². The maximum absolute atomic E-state index is 12.3. The molecule has 0 unspecified atom stereocenters. The molecule has 2 bridgehead atoms. The van der Waals surface area contributed by atoms with Crippen molar-refractivity contribution in [3.8, 4) is 0 Å². The van der Waals surface area contributed by atoms with Crippen LogP contribution < -0.4 is 0 Å². The third-order valence-corrected chi connectivity index (χ3v) is 3.90. The fourth-order valence-corrected chi connectivity index (χ4v) is 3.30. The molecule has 0 spiro atoms. The van der Waals surface area contributed by atoms with E-state index in [4.69, 9.17) is 0 Å². The number of imide groups is 1. The monoisotopic (exact) mass is 245 g/mol. The van der Waals surface area contributed by atoms with Crippen molar-refractivity contribution in [2.75, 3.05) is 6.54 Å². The van der Waals surface area contributed by atoms with E-state index in [0.29, 0.717) is 4.90 Å². The van der Waals surface area contributed by atoms with E-state index >= 15 is 0 Å². The smallest absolute Gasteiger partial charge is 0.274 e. The number of carbonyl (C=O) groups is 2. The molecule has 2 fully saturated rings. The van der Waals surface area contributed by atoms with Crippen LogP contribution in [0.5, 0.6) is 0 Å². The zero-order valence-electron chi connectivity index (χ0n) is 8.78. The van der Waals surface area contributed by atoms with Gasteiger partial charge in [0.1, 0.15) is 6.54 Å². The summed E-state index contributed by atoms with van der Waals surface area (Å²) in [5.41, 5.74) is 0. The average Bonchev–Trinajstić information content (AvgIpc) is 2.86. The van der Waals surface area contributed by atoms with Crippen molar-refractivity contribution in [1.82, 2.24) is 4.90 Å². The van der Waals surface area contributed by atoms with Crippen molar-refractivity contribution in [3.05, 3.63) is 12.2 Å². The van der Waals surface area contributed by atoms with E-state index in [1.165, 1.54) is 0 Å². The Morgan fingerprint density at radius 1 is 1.12 bits per heavy atom. The molecular weight excluding hydrogens is 235 g/mol. The molecule has 2 amide bonds. The SMILES string of the molecule is O=C1[C@@H]2[C@H](C(=O)N1CC(F)(F)F)[C@H]1C=C[C@H]2C1. The molecule has 4 atom stereocenters. The maximum Gasteiger partial charge on any atom is 0.406 e. The molecule has 3 nitrogen and oxygen atoms in total. The molecule has 0 aromatic carbocycles. The summed E-state index contributed by atoms with van der Waals surface area (Å²) in [5.74, 6) is -2.46. The highest BCUT2D eigenvalue weighted by Crippen LogP contribution is 2.52. The van der Waals surface area contributed by atoms with Crippen LogP contribution in [0.1, 0.15) is 6.42 Å². The van der Waals surface area contributed by atoms with E-state index in [1.807, 2.05) is 12.2 Å². The first-order valence-electron chi connectivity index (χ1n) is 5.49. The number of fused-ring (bicyclic) bond motifs is 5. The second-order valence-corrected chi connectivity index (χ2v) is 4.88. The molecule has 3 rings (SSSR count). The van der Waals surface area contributed by atoms with Gasteiger partial charge >= 0.3 is 6.18 Å². The van der Waals surface area contributed by atoms with E-state index in [0.717, 1.165) is 6.42 Å². The summed E-state index contributed by atoms with van der Waals surface area (Å²) >= 11 is 0. The predicted octanol–water partition coefficient (Wildman–Crippen LogP) is 1.36. The first-order valence-corrected chi connectivity index (χ1v) is 5.49. The fourth-order valence-electron chi connectivity index (χ4n) is 3.30. The summed E-state index contributed by atoms with van der Waals surface area (Å²) in [6.45, 7) is -1.45.